The standard InChI is InChI=1S/C18H18N2O7/c1-3-26-17(24)14(18(25)27-4-2)20(12-9-13(21)19-12)15(22)10-7-5-6-8-11(10)16(20)23/h5-8,12,14H,3-4,9H2,1-2H3/p+1. The van der Waals surface area contributed by atoms with Crippen LogP contribution >= 0.6 is 0 Å². The molecule has 1 aromatic rings. The molecule has 1 unspecified atom stereocenters. The van der Waals surface area contributed by atoms with Gasteiger partial charge in [-0.25, -0.2) is 19.2 Å². The summed E-state index contributed by atoms with van der Waals surface area (Å²) in [5.41, 5.74) is 0.171. The zero-order chi connectivity index (χ0) is 19.8. The van der Waals surface area contributed by atoms with E-state index in [1.807, 2.05) is 0 Å². The fourth-order valence-corrected chi connectivity index (χ4v) is 3.50. The Morgan fingerprint density at radius 2 is 1.48 bits per heavy atom. The normalized spacial score (nSPS) is 20.0. The van der Waals surface area contributed by atoms with Gasteiger partial charge in [0.1, 0.15) is 6.42 Å². The van der Waals surface area contributed by atoms with E-state index in [-0.39, 0.29) is 36.7 Å². The van der Waals surface area contributed by atoms with Gasteiger partial charge in [-0.3, -0.25) is 4.79 Å². The molecule has 1 atom stereocenters. The minimum absolute atomic E-state index is 0.0545. The SMILES string of the molecule is CCOC(=O)C(C(=O)OCC)[N+]1(C2CC(=O)N2)C(=O)c2ccccc2C1=O. The molecule has 0 bridgehead atoms. The summed E-state index contributed by atoms with van der Waals surface area (Å²) in [6, 6.07) is 4.19. The Kier molecular flexibility index (Phi) is 4.79. The Bertz CT molecular complexity index is 787. The van der Waals surface area contributed by atoms with Gasteiger partial charge < -0.3 is 14.8 Å². The molecule has 1 fully saturated rings. The summed E-state index contributed by atoms with van der Waals surface area (Å²) in [6.07, 6.45) is -1.23. The number of quaternary nitrogens is 1. The molecule has 0 aromatic heterocycles. The Labute approximate surface area is 154 Å². The number of β-lactam (4-membered cyclic amide) rings is 1. The second kappa shape index (κ2) is 6.92. The van der Waals surface area contributed by atoms with Crippen LogP contribution < -0.4 is 5.32 Å². The molecule has 0 spiro atoms. The number of esters is 2. The monoisotopic (exact) mass is 375 g/mol. The molecule has 2 aliphatic rings. The predicted molar refractivity (Wildman–Crippen MR) is 89.0 cm³/mol. The highest BCUT2D eigenvalue weighted by molar-refractivity contribution is 6.17. The highest BCUT2D eigenvalue weighted by atomic mass is 16.6. The van der Waals surface area contributed by atoms with Gasteiger partial charge in [-0.1, -0.05) is 12.1 Å². The fourth-order valence-electron chi connectivity index (χ4n) is 3.50. The molecule has 1 N–H and O–H groups in total. The molecule has 2 aliphatic heterocycles. The van der Waals surface area contributed by atoms with Crippen LogP contribution in [0.25, 0.3) is 0 Å². The number of benzene rings is 1. The van der Waals surface area contributed by atoms with E-state index >= 15 is 0 Å². The number of amides is 3. The molecule has 9 nitrogen and oxygen atoms in total. The van der Waals surface area contributed by atoms with Crippen LogP contribution in [-0.4, -0.2) is 59.6 Å². The third-order valence-electron chi connectivity index (χ3n) is 4.68. The second-order valence-corrected chi connectivity index (χ2v) is 6.13. The van der Waals surface area contributed by atoms with Gasteiger partial charge in [-0.15, -0.1) is 4.48 Å². The second-order valence-electron chi connectivity index (χ2n) is 6.13. The first kappa shape index (κ1) is 18.7. The van der Waals surface area contributed by atoms with Crippen LogP contribution in [0.5, 0.6) is 0 Å². The third kappa shape index (κ3) is 2.62. The Hall–Kier alpha value is -3.07. The number of nitrogens with one attached hydrogen (secondary N) is 1. The molecule has 0 saturated carbocycles. The maximum Gasteiger partial charge on any atom is 0.378 e. The number of hydrogen-bond acceptors (Lipinski definition) is 7. The minimum Gasteiger partial charge on any atom is -0.461 e. The highest BCUT2D eigenvalue weighted by Crippen LogP contribution is 2.38. The van der Waals surface area contributed by atoms with Crippen molar-refractivity contribution in [2.75, 3.05) is 13.2 Å². The van der Waals surface area contributed by atoms with Crippen molar-refractivity contribution < 1.29 is 37.9 Å². The zero-order valence-electron chi connectivity index (χ0n) is 14.9. The van der Waals surface area contributed by atoms with Crippen LogP contribution in [0.15, 0.2) is 24.3 Å². The summed E-state index contributed by atoms with van der Waals surface area (Å²) in [4.78, 5) is 63.5. The predicted octanol–water partition coefficient (Wildman–Crippen LogP) is 0.138. The number of nitrogens with zero attached hydrogens (tertiary/aromatic N) is 1. The van der Waals surface area contributed by atoms with Gasteiger partial charge in [0.2, 0.25) is 5.91 Å². The van der Waals surface area contributed by atoms with Crippen LogP contribution in [0.4, 0.5) is 0 Å². The van der Waals surface area contributed by atoms with E-state index in [0.717, 1.165) is 0 Å². The summed E-state index contributed by atoms with van der Waals surface area (Å²) in [5.74, 6) is -3.97. The van der Waals surface area contributed by atoms with Crippen molar-refractivity contribution in [3.8, 4) is 0 Å². The lowest BCUT2D eigenvalue weighted by Crippen LogP contribution is -2.77. The van der Waals surface area contributed by atoms with Crippen molar-refractivity contribution in [1.82, 2.24) is 5.32 Å². The van der Waals surface area contributed by atoms with E-state index in [9.17, 15) is 24.0 Å². The largest absolute Gasteiger partial charge is 0.461 e. The third-order valence-corrected chi connectivity index (χ3v) is 4.68. The number of imide groups is 1. The van der Waals surface area contributed by atoms with Crippen LogP contribution in [0, 0.1) is 0 Å². The van der Waals surface area contributed by atoms with Crippen molar-refractivity contribution >= 4 is 29.7 Å². The minimum atomic E-state index is -1.86. The molecule has 1 saturated heterocycles. The Morgan fingerprint density at radius 1 is 1.04 bits per heavy atom. The van der Waals surface area contributed by atoms with Crippen molar-refractivity contribution in [2.45, 2.75) is 32.5 Å². The van der Waals surface area contributed by atoms with Gasteiger partial charge in [-0.05, 0) is 26.0 Å². The molecular weight excluding hydrogens is 356 g/mol. The molecule has 0 radical (unpaired) electrons. The van der Waals surface area contributed by atoms with Gasteiger partial charge in [-0.2, -0.15) is 0 Å². The number of rotatable bonds is 6. The highest BCUT2D eigenvalue weighted by Gasteiger charge is 2.70. The average Bonchev–Trinajstić information content (AvgIpc) is 2.83. The lowest BCUT2D eigenvalue weighted by atomic mass is 10.0. The van der Waals surface area contributed by atoms with Crippen LogP contribution in [0.2, 0.25) is 0 Å². The van der Waals surface area contributed by atoms with Crippen LogP contribution in [-0.2, 0) is 23.9 Å². The van der Waals surface area contributed by atoms with Crippen molar-refractivity contribution in [1.29, 1.82) is 0 Å². The van der Waals surface area contributed by atoms with E-state index < -0.39 is 40.4 Å². The van der Waals surface area contributed by atoms with E-state index in [2.05, 4.69) is 5.32 Å². The molecule has 27 heavy (non-hydrogen) atoms. The molecule has 1 aromatic carbocycles. The first-order valence-corrected chi connectivity index (χ1v) is 8.59. The Balaban J connectivity index is 2.20. The number of fused-ring (bicyclic) bond motifs is 1. The summed E-state index contributed by atoms with van der Waals surface area (Å²) >= 11 is 0. The van der Waals surface area contributed by atoms with Crippen LogP contribution in [0.3, 0.4) is 0 Å². The maximum absolute atomic E-state index is 13.3. The molecule has 142 valence electrons. The molecule has 3 amide bonds. The number of carbonyl (C=O) groups is 5. The smallest absolute Gasteiger partial charge is 0.378 e. The summed E-state index contributed by atoms with van der Waals surface area (Å²) < 4.78 is 8.75. The Morgan fingerprint density at radius 3 is 1.85 bits per heavy atom. The first-order chi connectivity index (χ1) is 12.9. The number of ether oxygens (including phenoxy) is 2. The van der Waals surface area contributed by atoms with Crippen molar-refractivity contribution in [3.05, 3.63) is 35.4 Å². The van der Waals surface area contributed by atoms with E-state index in [1.54, 1.807) is 12.1 Å². The lowest BCUT2D eigenvalue weighted by molar-refractivity contribution is -0.807. The van der Waals surface area contributed by atoms with Crippen LogP contribution in [0.1, 0.15) is 41.0 Å². The van der Waals surface area contributed by atoms with Gasteiger partial charge in [0.25, 0.3) is 0 Å². The summed E-state index contributed by atoms with van der Waals surface area (Å²) in [5, 5.41) is 2.47. The molecule has 2 heterocycles. The molecule has 3 rings (SSSR count). The fraction of sp³-hybridized carbons (Fsp3) is 0.389. The van der Waals surface area contributed by atoms with Crippen molar-refractivity contribution in [3.63, 3.8) is 0 Å². The molecular formula is C18H19N2O7+. The summed E-state index contributed by atoms with van der Waals surface area (Å²) in [6.45, 7) is 2.97. The number of hydrogen-bond donors (Lipinski definition) is 1. The topological polar surface area (TPSA) is 116 Å². The average molecular weight is 375 g/mol. The van der Waals surface area contributed by atoms with Gasteiger partial charge in [0, 0.05) is 0 Å². The van der Waals surface area contributed by atoms with Gasteiger partial charge in [0.15, 0.2) is 6.17 Å². The quantitative estimate of drug-likeness (QED) is 0.247. The zero-order valence-corrected chi connectivity index (χ0v) is 14.9. The molecule has 0 aliphatic carbocycles. The van der Waals surface area contributed by atoms with E-state index in [0.29, 0.717) is 0 Å². The molecule has 9 heteroatoms. The first-order valence-electron chi connectivity index (χ1n) is 8.59. The van der Waals surface area contributed by atoms with E-state index in [1.165, 1.54) is 26.0 Å². The number of carbonyl (C=O) groups excluding carboxylic acids is 5. The maximum atomic E-state index is 13.3. The van der Waals surface area contributed by atoms with Gasteiger partial charge in [0.05, 0.1) is 24.3 Å². The van der Waals surface area contributed by atoms with Crippen molar-refractivity contribution in [2.24, 2.45) is 0 Å². The van der Waals surface area contributed by atoms with E-state index in [4.69, 9.17) is 9.47 Å². The lowest BCUT2D eigenvalue weighted by Gasteiger charge is -2.43. The van der Waals surface area contributed by atoms with Gasteiger partial charge >= 0.3 is 29.8 Å². The summed E-state index contributed by atoms with van der Waals surface area (Å²) in [7, 11) is 0.